The molecular weight excluding hydrogens is 288 g/mol. The Morgan fingerprint density at radius 2 is 1.86 bits per heavy atom. The Bertz CT molecular complexity index is 614. The van der Waals surface area contributed by atoms with Gasteiger partial charge >= 0.3 is 0 Å². The third-order valence-electron chi connectivity index (χ3n) is 4.10. The van der Waals surface area contributed by atoms with E-state index in [0.717, 1.165) is 12.8 Å². The summed E-state index contributed by atoms with van der Waals surface area (Å²) in [5.41, 5.74) is 0.891. The number of nitrogens with one attached hydrogen (secondary N) is 1. The van der Waals surface area contributed by atoms with Crippen LogP contribution in [0.3, 0.4) is 0 Å². The second-order valence-electron chi connectivity index (χ2n) is 5.56. The summed E-state index contributed by atoms with van der Waals surface area (Å²) in [7, 11) is 0. The van der Waals surface area contributed by atoms with E-state index in [4.69, 9.17) is 0 Å². The van der Waals surface area contributed by atoms with Crippen molar-refractivity contribution in [3.05, 3.63) is 33.9 Å². The second-order valence-corrected chi connectivity index (χ2v) is 5.56. The van der Waals surface area contributed by atoms with Crippen LogP contribution in [0.5, 0.6) is 0 Å². The van der Waals surface area contributed by atoms with E-state index in [1.54, 1.807) is 13.0 Å². The van der Waals surface area contributed by atoms with E-state index < -0.39 is 28.6 Å². The van der Waals surface area contributed by atoms with Crippen LogP contribution in [0.2, 0.25) is 0 Å². The first-order chi connectivity index (χ1) is 10.4. The van der Waals surface area contributed by atoms with Gasteiger partial charge in [-0.25, -0.2) is 0 Å². The van der Waals surface area contributed by atoms with Crippen LogP contribution in [0, 0.1) is 28.9 Å². The molecule has 1 aromatic carbocycles. The molecule has 1 saturated carbocycles. The van der Waals surface area contributed by atoms with Crippen molar-refractivity contribution < 1.29 is 19.6 Å². The maximum absolute atomic E-state index is 12.3. The molecule has 0 spiro atoms. The molecule has 0 bridgehead atoms. The van der Waals surface area contributed by atoms with Gasteiger partial charge in [-0.05, 0) is 25.3 Å². The predicted octanol–water partition coefficient (Wildman–Crippen LogP) is 1.40. The number of carbonyl (C=O) groups excluding carboxylic acids is 2. The highest BCUT2D eigenvalue weighted by atomic mass is 16.6. The van der Waals surface area contributed by atoms with Crippen molar-refractivity contribution >= 4 is 23.3 Å². The van der Waals surface area contributed by atoms with E-state index in [1.165, 1.54) is 12.1 Å². The lowest BCUT2D eigenvalue weighted by Gasteiger charge is -2.31. The number of nitro groups is 1. The van der Waals surface area contributed by atoms with Crippen molar-refractivity contribution in [2.24, 2.45) is 11.8 Å². The zero-order valence-electron chi connectivity index (χ0n) is 12.2. The number of nitro benzene ring substituents is 1. The largest absolute Gasteiger partial charge is 0.550 e. The van der Waals surface area contributed by atoms with Crippen molar-refractivity contribution in [3.63, 3.8) is 0 Å². The molecule has 1 N–H and O–H groups in total. The fourth-order valence-corrected chi connectivity index (χ4v) is 2.81. The van der Waals surface area contributed by atoms with E-state index in [-0.39, 0.29) is 5.69 Å². The van der Waals surface area contributed by atoms with Gasteiger partial charge in [0.25, 0.3) is 5.69 Å². The zero-order valence-corrected chi connectivity index (χ0v) is 12.2. The standard InChI is InChI=1S/C15H18N2O5/c1-9-6-7-10(17(21)22)8-13(9)16-14(18)11-4-2-3-5-12(11)15(19)20/h6-8,11-12H,2-5H2,1H3,(H,16,18)(H,19,20)/p-1. The quantitative estimate of drug-likeness (QED) is 0.667. The van der Waals surface area contributed by atoms with Gasteiger partial charge in [0.1, 0.15) is 0 Å². The Kier molecular flexibility index (Phi) is 4.75. The number of carbonyl (C=O) groups is 2. The molecule has 118 valence electrons. The topological polar surface area (TPSA) is 112 Å². The maximum Gasteiger partial charge on any atom is 0.271 e. The van der Waals surface area contributed by atoms with E-state index in [0.29, 0.717) is 24.1 Å². The van der Waals surface area contributed by atoms with Gasteiger partial charge in [-0.2, -0.15) is 0 Å². The van der Waals surface area contributed by atoms with Crippen molar-refractivity contribution in [1.29, 1.82) is 0 Å². The number of amides is 1. The average Bonchev–Trinajstić information content (AvgIpc) is 2.49. The first-order valence-corrected chi connectivity index (χ1v) is 7.17. The maximum atomic E-state index is 12.3. The fourth-order valence-electron chi connectivity index (χ4n) is 2.81. The number of rotatable bonds is 4. The van der Waals surface area contributed by atoms with E-state index in [9.17, 15) is 24.8 Å². The van der Waals surface area contributed by atoms with Crippen molar-refractivity contribution in [2.75, 3.05) is 5.32 Å². The Hall–Kier alpha value is -2.44. The number of carboxylic acid groups (broad SMARTS) is 1. The number of hydrogen-bond donors (Lipinski definition) is 1. The summed E-state index contributed by atoms with van der Waals surface area (Å²) < 4.78 is 0. The summed E-state index contributed by atoms with van der Waals surface area (Å²) in [4.78, 5) is 33.8. The van der Waals surface area contributed by atoms with Crippen LogP contribution >= 0.6 is 0 Å². The lowest BCUT2D eigenvalue weighted by atomic mass is 9.78. The number of aliphatic carboxylic acids is 1. The van der Waals surface area contributed by atoms with Crippen LogP contribution < -0.4 is 10.4 Å². The Morgan fingerprint density at radius 1 is 1.23 bits per heavy atom. The summed E-state index contributed by atoms with van der Waals surface area (Å²) in [5.74, 6) is -3.08. The molecule has 2 unspecified atom stereocenters. The van der Waals surface area contributed by atoms with Gasteiger partial charge in [-0.1, -0.05) is 18.9 Å². The van der Waals surface area contributed by atoms with E-state index in [2.05, 4.69) is 5.32 Å². The smallest absolute Gasteiger partial charge is 0.271 e. The SMILES string of the molecule is Cc1ccc([N+](=O)[O-])cc1NC(=O)C1CCCCC1C(=O)[O-]. The van der Waals surface area contributed by atoms with Crippen molar-refractivity contribution in [3.8, 4) is 0 Å². The van der Waals surface area contributed by atoms with Crippen LogP contribution in [0.4, 0.5) is 11.4 Å². The highest BCUT2D eigenvalue weighted by molar-refractivity contribution is 5.95. The Morgan fingerprint density at radius 3 is 2.45 bits per heavy atom. The first-order valence-electron chi connectivity index (χ1n) is 7.17. The molecule has 2 rings (SSSR count). The highest BCUT2D eigenvalue weighted by Crippen LogP contribution is 2.31. The molecular formula is C15H17N2O5-. The Labute approximate surface area is 127 Å². The number of aryl methyl sites for hydroxylation is 1. The summed E-state index contributed by atoms with van der Waals surface area (Å²) in [6, 6.07) is 4.19. The second kappa shape index (κ2) is 6.55. The summed E-state index contributed by atoms with van der Waals surface area (Å²) in [6.07, 6.45) is 2.46. The zero-order chi connectivity index (χ0) is 16.3. The van der Waals surface area contributed by atoms with Gasteiger partial charge in [0, 0.05) is 29.9 Å². The van der Waals surface area contributed by atoms with Crippen LogP contribution in [-0.2, 0) is 9.59 Å². The van der Waals surface area contributed by atoms with E-state index >= 15 is 0 Å². The van der Waals surface area contributed by atoms with Crippen LogP contribution in [-0.4, -0.2) is 16.8 Å². The third-order valence-corrected chi connectivity index (χ3v) is 4.10. The molecule has 1 fully saturated rings. The van der Waals surface area contributed by atoms with Gasteiger partial charge in [0.2, 0.25) is 5.91 Å². The molecule has 1 amide bonds. The van der Waals surface area contributed by atoms with E-state index in [1.807, 2.05) is 0 Å². The molecule has 0 aliphatic heterocycles. The first kappa shape index (κ1) is 15.9. The summed E-state index contributed by atoms with van der Waals surface area (Å²) in [6.45, 7) is 1.72. The number of nitrogens with zero attached hydrogens (tertiary/aromatic N) is 1. The summed E-state index contributed by atoms with van der Waals surface area (Å²) in [5, 5.41) is 24.6. The Balaban J connectivity index is 2.19. The van der Waals surface area contributed by atoms with Gasteiger partial charge < -0.3 is 15.2 Å². The minimum atomic E-state index is -1.21. The number of anilines is 1. The molecule has 2 atom stereocenters. The lowest BCUT2D eigenvalue weighted by molar-refractivity contribution is -0.384. The highest BCUT2D eigenvalue weighted by Gasteiger charge is 2.32. The fraction of sp³-hybridized carbons (Fsp3) is 0.467. The molecule has 7 heteroatoms. The number of carboxylic acids is 1. The van der Waals surface area contributed by atoms with Gasteiger partial charge in [-0.15, -0.1) is 0 Å². The minimum Gasteiger partial charge on any atom is -0.550 e. The third kappa shape index (κ3) is 3.41. The summed E-state index contributed by atoms with van der Waals surface area (Å²) >= 11 is 0. The predicted molar refractivity (Wildman–Crippen MR) is 76.9 cm³/mol. The van der Waals surface area contributed by atoms with Crippen LogP contribution in [0.25, 0.3) is 0 Å². The monoisotopic (exact) mass is 305 g/mol. The van der Waals surface area contributed by atoms with Gasteiger partial charge in [0.15, 0.2) is 0 Å². The van der Waals surface area contributed by atoms with Crippen LogP contribution in [0.1, 0.15) is 31.2 Å². The van der Waals surface area contributed by atoms with Crippen molar-refractivity contribution in [2.45, 2.75) is 32.6 Å². The molecule has 0 heterocycles. The van der Waals surface area contributed by atoms with Crippen molar-refractivity contribution in [1.82, 2.24) is 0 Å². The molecule has 7 nitrogen and oxygen atoms in total. The molecule has 0 radical (unpaired) electrons. The number of benzene rings is 1. The molecule has 22 heavy (non-hydrogen) atoms. The molecule has 0 aromatic heterocycles. The van der Waals surface area contributed by atoms with Gasteiger partial charge in [0.05, 0.1) is 10.6 Å². The average molecular weight is 305 g/mol. The lowest BCUT2D eigenvalue weighted by Crippen LogP contribution is -2.42. The van der Waals surface area contributed by atoms with Crippen LogP contribution in [0.15, 0.2) is 18.2 Å². The number of hydrogen-bond acceptors (Lipinski definition) is 5. The number of non-ortho nitro benzene ring substituents is 1. The minimum absolute atomic E-state index is 0.124. The molecule has 0 saturated heterocycles. The molecule has 1 aliphatic carbocycles. The molecule has 1 aliphatic rings. The van der Waals surface area contributed by atoms with Gasteiger partial charge in [-0.3, -0.25) is 14.9 Å². The molecule has 1 aromatic rings. The normalized spacial score (nSPS) is 21.1.